The number of hydrogen-bond donors (Lipinski definition) is 1. The van der Waals surface area contributed by atoms with Crippen LogP contribution in [0.4, 0.5) is 13.2 Å². The molecule has 4 bridgehead atoms. The lowest BCUT2D eigenvalue weighted by atomic mass is 9.48. The number of primary amides is 1. The predicted octanol–water partition coefficient (Wildman–Crippen LogP) is 4.64. The normalized spacial score (nSPS) is 36.0. The van der Waals surface area contributed by atoms with Gasteiger partial charge in [-0.1, -0.05) is 0 Å². The summed E-state index contributed by atoms with van der Waals surface area (Å²) in [5, 5.41) is 0. The van der Waals surface area contributed by atoms with E-state index in [2.05, 4.69) is 0 Å². The molecule has 0 saturated heterocycles. The molecule has 146 valence electrons. The molecule has 3 nitrogen and oxygen atoms in total. The molecule has 0 heterocycles. The Morgan fingerprint density at radius 1 is 1.15 bits per heavy atom. The van der Waals surface area contributed by atoms with E-state index in [4.69, 9.17) is 10.5 Å². The van der Waals surface area contributed by atoms with Crippen LogP contribution in [0.3, 0.4) is 0 Å². The van der Waals surface area contributed by atoms with Gasteiger partial charge in [0.1, 0.15) is 11.6 Å². The van der Waals surface area contributed by atoms with Crippen LogP contribution in [0.15, 0.2) is 12.1 Å². The number of amides is 1. The number of rotatable bonds is 5. The van der Waals surface area contributed by atoms with Crippen LogP contribution in [-0.4, -0.2) is 18.4 Å². The van der Waals surface area contributed by atoms with E-state index in [1.54, 1.807) is 0 Å². The van der Waals surface area contributed by atoms with Gasteiger partial charge in [-0.15, -0.1) is 0 Å². The second kappa shape index (κ2) is 5.65. The molecule has 2 unspecified atom stereocenters. The summed E-state index contributed by atoms with van der Waals surface area (Å²) in [4.78, 5) is 11.4. The summed E-state index contributed by atoms with van der Waals surface area (Å²) in [6.45, 7) is 0.349. The first-order valence-electron chi connectivity index (χ1n) is 9.91. The van der Waals surface area contributed by atoms with E-state index < -0.39 is 29.5 Å². The molecule has 2 atom stereocenters. The van der Waals surface area contributed by atoms with Crippen LogP contribution in [-0.2, 0) is 0 Å². The smallest absolute Gasteiger partial charge is 0.253 e. The molecule has 0 spiro atoms. The van der Waals surface area contributed by atoms with Crippen molar-refractivity contribution >= 4 is 5.91 Å². The maximum atomic E-state index is 14.5. The molecule has 6 rings (SSSR count). The largest absolute Gasteiger partial charge is 0.493 e. The number of benzene rings is 1. The lowest BCUT2D eigenvalue weighted by Gasteiger charge is -2.59. The summed E-state index contributed by atoms with van der Waals surface area (Å²) in [6, 6.07) is 2.77. The van der Waals surface area contributed by atoms with Crippen molar-refractivity contribution in [3.63, 3.8) is 0 Å². The number of nitrogens with two attached hydrogens (primary N) is 1. The van der Waals surface area contributed by atoms with Crippen molar-refractivity contribution < 1.29 is 22.7 Å². The zero-order chi connectivity index (χ0) is 19.0. The van der Waals surface area contributed by atoms with Gasteiger partial charge < -0.3 is 10.5 Å². The minimum absolute atomic E-state index is 0.112. The lowest BCUT2D eigenvalue weighted by Crippen LogP contribution is -2.58. The summed E-state index contributed by atoms with van der Waals surface area (Å²) in [7, 11) is 0. The fraction of sp³-hybridized carbons (Fsp3) is 0.667. The van der Waals surface area contributed by atoms with Crippen LogP contribution in [0.1, 0.15) is 66.8 Å². The second-order valence-electron chi connectivity index (χ2n) is 9.32. The maximum absolute atomic E-state index is 14.5. The van der Waals surface area contributed by atoms with E-state index in [0.29, 0.717) is 44.0 Å². The number of alkyl halides is 2. The maximum Gasteiger partial charge on any atom is 0.253 e. The third-order valence-electron chi connectivity index (χ3n) is 7.32. The lowest BCUT2D eigenvalue weighted by molar-refractivity contribution is -0.230. The SMILES string of the molecule is NC(=O)c1cc(C2CC2)c(OCC23CC4CC(C2)C(F)(F)C(C4)C3)cc1F. The highest BCUT2D eigenvalue weighted by Crippen LogP contribution is 2.65. The van der Waals surface area contributed by atoms with Crippen LogP contribution < -0.4 is 10.5 Å². The summed E-state index contributed by atoms with van der Waals surface area (Å²) in [5.41, 5.74) is 5.75. The van der Waals surface area contributed by atoms with E-state index >= 15 is 0 Å². The Balaban J connectivity index is 1.39. The Labute approximate surface area is 156 Å². The van der Waals surface area contributed by atoms with Gasteiger partial charge >= 0.3 is 0 Å². The van der Waals surface area contributed by atoms with Crippen LogP contribution >= 0.6 is 0 Å². The van der Waals surface area contributed by atoms with E-state index in [0.717, 1.165) is 24.8 Å². The fourth-order valence-corrected chi connectivity index (χ4v) is 6.07. The Bertz CT molecular complexity index is 787. The van der Waals surface area contributed by atoms with Crippen LogP contribution in [0.25, 0.3) is 0 Å². The molecular formula is C21H24F3NO2. The number of hydrogen-bond acceptors (Lipinski definition) is 2. The fourth-order valence-electron chi connectivity index (χ4n) is 6.07. The van der Waals surface area contributed by atoms with Crippen molar-refractivity contribution in [1.29, 1.82) is 0 Å². The topological polar surface area (TPSA) is 52.3 Å². The molecule has 5 aliphatic carbocycles. The molecule has 2 N–H and O–H groups in total. The summed E-state index contributed by atoms with van der Waals surface area (Å²) >= 11 is 0. The van der Waals surface area contributed by atoms with Crippen LogP contribution in [0.5, 0.6) is 5.75 Å². The first kappa shape index (κ1) is 17.4. The van der Waals surface area contributed by atoms with Crippen LogP contribution in [0.2, 0.25) is 0 Å². The first-order chi connectivity index (χ1) is 12.8. The van der Waals surface area contributed by atoms with Gasteiger partial charge in [0.05, 0.1) is 12.2 Å². The number of carbonyl (C=O) groups is 1. The third-order valence-corrected chi connectivity index (χ3v) is 7.32. The van der Waals surface area contributed by atoms with Gasteiger partial charge in [-0.05, 0) is 68.4 Å². The summed E-state index contributed by atoms with van der Waals surface area (Å²) < 4.78 is 49.3. The summed E-state index contributed by atoms with van der Waals surface area (Å²) in [6.07, 6.45) is 5.12. The van der Waals surface area contributed by atoms with Crippen molar-refractivity contribution in [2.24, 2.45) is 28.9 Å². The van der Waals surface area contributed by atoms with Crippen molar-refractivity contribution in [2.75, 3.05) is 6.61 Å². The van der Waals surface area contributed by atoms with E-state index in [-0.39, 0.29) is 16.9 Å². The third kappa shape index (κ3) is 2.74. The predicted molar refractivity (Wildman–Crippen MR) is 93.3 cm³/mol. The monoisotopic (exact) mass is 379 g/mol. The Morgan fingerprint density at radius 3 is 2.41 bits per heavy atom. The quantitative estimate of drug-likeness (QED) is 0.810. The van der Waals surface area contributed by atoms with E-state index in [1.165, 1.54) is 12.1 Å². The van der Waals surface area contributed by atoms with Gasteiger partial charge in [-0.2, -0.15) is 0 Å². The molecule has 0 aromatic heterocycles. The molecule has 27 heavy (non-hydrogen) atoms. The first-order valence-corrected chi connectivity index (χ1v) is 9.91. The molecular weight excluding hydrogens is 355 g/mol. The number of carbonyl (C=O) groups excluding carboxylic acids is 1. The van der Waals surface area contributed by atoms with Crippen LogP contribution in [0, 0.1) is 29.0 Å². The molecule has 1 aromatic rings. The summed E-state index contributed by atoms with van der Waals surface area (Å²) in [5.74, 6) is -4.02. The number of ether oxygens (including phenoxy) is 1. The van der Waals surface area contributed by atoms with Gasteiger partial charge in [-0.25, -0.2) is 13.2 Å². The molecule has 5 saturated carbocycles. The van der Waals surface area contributed by atoms with E-state index in [9.17, 15) is 18.0 Å². The van der Waals surface area contributed by atoms with Gasteiger partial charge in [0.2, 0.25) is 0 Å². The molecule has 6 heteroatoms. The minimum Gasteiger partial charge on any atom is -0.493 e. The Hall–Kier alpha value is -1.72. The Morgan fingerprint density at radius 2 is 1.81 bits per heavy atom. The standard InChI is InChI=1S/C21H24F3NO2/c22-17-6-18(15(12-1-2-12)5-16(17)19(25)26)27-10-20-7-11-3-13(8-20)21(23,24)14(4-11)9-20/h5-6,11-14H,1-4,7-10H2,(H2,25,26). The van der Waals surface area contributed by atoms with E-state index in [1.807, 2.05) is 0 Å². The highest BCUT2D eigenvalue weighted by Gasteiger charge is 2.64. The van der Waals surface area contributed by atoms with Crippen molar-refractivity contribution in [3.8, 4) is 5.75 Å². The zero-order valence-corrected chi connectivity index (χ0v) is 15.1. The van der Waals surface area contributed by atoms with Gasteiger partial charge in [0.25, 0.3) is 11.8 Å². The highest BCUT2D eigenvalue weighted by atomic mass is 19.3. The molecule has 1 aromatic carbocycles. The van der Waals surface area contributed by atoms with Crippen molar-refractivity contribution in [3.05, 3.63) is 29.1 Å². The molecule has 1 amide bonds. The second-order valence-corrected chi connectivity index (χ2v) is 9.32. The molecule has 5 fully saturated rings. The zero-order valence-electron chi connectivity index (χ0n) is 15.1. The minimum atomic E-state index is -2.55. The molecule has 0 radical (unpaired) electrons. The Kier molecular flexibility index (Phi) is 3.63. The van der Waals surface area contributed by atoms with Crippen molar-refractivity contribution in [2.45, 2.75) is 56.8 Å². The highest BCUT2D eigenvalue weighted by molar-refractivity contribution is 5.93. The molecule has 5 aliphatic rings. The van der Waals surface area contributed by atoms with Crippen molar-refractivity contribution in [1.82, 2.24) is 0 Å². The van der Waals surface area contributed by atoms with Gasteiger partial charge in [0.15, 0.2) is 0 Å². The number of halogens is 3. The molecule has 0 aliphatic heterocycles. The average Bonchev–Trinajstić information content (AvgIpc) is 3.42. The van der Waals surface area contributed by atoms with Gasteiger partial charge in [-0.3, -0.25) is 4.79 Å². The average molecular weight is 379 g/mol. The van der Waals surface area contributed by atoms with Gasteiger partial charge in [0, 0.05) is 23.3 Å².